The molecular weight excluding hydrogens is 361 g/mol. The number of amides is 1. The smallest absolute Gasteiger partial charge is 0.262 e. The average molecular weight is 373 g/mol. The van der Waals surface area contributed by atoms with Gasteiger partial charge in [0.25, 0.3) is 5.91 Å². The Morgan fingerprint density at radius 3 is 2.76 bits per heavy atom. The number of carbonyl (C=O) groups is 1. The lowest BCUT2D eigenvalue weighted by atomic mass is 10.2. The van der Waals surface area contributed by atoms with Crippen LogP contribution in [0.5, 0.6) is 5.75 Å². The van der Waals surface area contributed by atoms with Crippen LogP contribution in [0.3, 0.4) is 0 Å². The van der Waals surface area contributed by atoms with Crippen molar-refractivity contribution in [2.75, 3.05) is 11.9 Å². The van der Waals surface area contributed by atoms with E-state index in [9.17, 15) is 9.18 Å². The minimum absolute atomic E-state index is 0.129. The van der Waals surface area contributed by atoms with Crippen molar-refractivity contribution in [2.24, 2.45) is 0 Å². The Morgan fingerprint density at radius 1 is 1.33 bits per heavy atom. The van der Waals surface area contributed by atoms with Crippen LogP contribution in [-0.2, 0) is 4.79 Å². The molecule has 0 unspecified atom stereocenters. The highest BCUT2D eigenvalue weighted by molar-refractivity contribution is 9.10. The number of hydrogen-bond donors (Lipinski definition) is 1. The predicted molar refractivity (Wildman–Crippen MR) is 84.4 cm³/mol. The summed E-state index contributed by atoms with van der Waals surface area (Å²) < 4.78 is 19.6. The van der Waals surface area contributed by atoms with Crippen LogP contribution >= 0.6 is 27.5 Å². The molecule has 0 aromatic heterocycles. The zero-order valence-corrected chi connectivity index (χ0v) is 13.5. The summed E-state index contributed by atoms with van der Waals surface area (Å²) in [6, 6.07) is 9.54. The van der Waals surface area contributed by atoms with Gasteiger partial charge in [-0.2, -0.15) is 0 Å². The van der Waals surface area contributed by atoms with Gasteiger partial charge in [0.1, 0.15) is 11.6 Å². The lowest BCUT2D eigenvalue weighted by Gasteiger charge is -2.10. The first-order valence-electron chi connectivity index (χ1n) is 6.09. The van der Waals surface area contributed by atoms with Gasteiger partial charge in [0.2, 0.25) is 0 Å². The molecular formula is C15H12BrClFNO2. The molecule has 2 aromatic rings. The average Bonchev–Trinajstić information content (AvgIpc) is 2.41. The van der Waals surface area contributed by atoms with Crippen LogP contribution in [0.15, 0.2) is 40.9 Å². The van der Waals surface area contributed by atoms with E-state index in [1.807, 2.05) is 0 Å². The molecule has 0 fully saturated rings. The van der Waals surface area contributed by atoms with Crippen molar-refractivity contribution >= 4 is 39.1 Å². The summed E-state index contributed by atoms with van der Waals surface area (Å²) in [7, 11) is 0. The number of rotatable bonds is 4. The number of carbonyl (C=O) groups excluding carboxylic acids is 1. The molecule has 0 aliphatic heterocycles. The fraction of sp³-hybridized carbons (Fsp3) is 0.133. The minimum Gasteiger partial charge on any atom is -0.483 e. The number of aryl methyl sites for hydroxylation is 1. The topological polar surface area (TPSA) is 38.3 Å². The lowest BCUT2D eigenvalue weighted by Crippen LogP contribution is -2.20. The van der Waals surface area contributed by atoms with E-state index in [-0.39, 0.29) is 12.3 Å². The molecule has 0 aliphatic carbocycles. The van der Waals surface area contributed by atoms with Crippen molar-refractivity contribution in [3.8, 4) is 5.75 Å². The van der Waals surface area contributed by atoms with E-state index < -0.39 is 11.7 Å². The van der Waals surface area contributed by atoms with Gasteiger partial charge in [0.15, 0.2) is 6.61 Å². The second kappa shape index (κ2) is 6.91. The monoisotopic (exact) mass is 371 g/mol. The van der Waals surface area contributed by atoms with Crippen LogP contribution in [0.25, 0.3) is 0 Å². The molecule has 2 aromatic carbocycles. The molecule has 0 spiro atoms. The van der Waals surface area contributed by atoms with Crippen LogP contribution in [0.4, 0.5) is 10.1 Å². The Kier molecular flexibility index (Phi) is 5.20. The van der Waals surface area contributed by atoms with Gasteiger partial charge in [-0.15, -0.1) is 0 Å². The zero-order valence-electron chi connectivity index (χ0n) is 11.1. The van der Waals surface area contributed by atoms with Gasteiger partial charge in [-0.25, -0.2) is 4.39 Å². The first-order chi connectivity index (χ1) is 9.95. The van der Waals surface area contributed by atoms with Crippen molar-refractivity contribution < 1.29 is 13.9 Å². The van der Waals surface area contributed by atoms with E-state index >= 15 is 0 Å². The molecule has 0 atom stereocenters. The van der Waals surface area contributed by atoms with E-state index in [0.717, 1.165) is 5.56 Å². The number of ether oxygens (including phenoxy) is 1. The first-order valence-corrected chi connectivity index (χ1v) is 7.26. The maximum absolute atomic E-state index is 13.6. The molecule has 3 nitrogen and oxygen atoms in total. The summed E-state index contributed by atoms with van der Waals surface area (Å²) in [5.41, 5.74) is 0.913. The molecule has 2 rings (SSSR count). The molecule has 0 saturated carbocycles. The predicted octanol–water partition coefficient (Wildman–Crippen LogP) is 4.57. The van der Waals surface area contributed by atoms with Gasteiger partial charge in [-0.05, 0) is 58.7 Å². The van der Waals surface area contributed by atoms with Crippen molar-refractivity contribution in [3.05, 3.63) is 57.3 Å². The zero-order chi connectivity index (χ0) is 15.4. The summed E-state index contributed by atoms with van der Waals surface area (Å²) in [6.07, 6.45) is 0. The Hall–Kier alpha value is -1.59. The third-order valence-electron chi connectivity index (χ3n) is 2.65. The van der Waals surface area contributed by atoms with E-state index in [2.05, 4.69) is 21.2 Å². The molecule has 21 heavy (non-hydrogen) atoms. The maximum atomic E-state index is 13.6. The lowest BCUT2D eigenvalue weighted by molar-refractivity contribution is -0.118. The van der Waals surface area contributed by atoms with Crippen LogP contribution in [-0.4, -0.2) is 12.5 Å². The normalized spacial score (nSPS) is 10.3. The van der Waals surface area contributed by atoms with E-state index in [0.29, 0.717) is 15.2 Å². The SMILES string of the molecule is Cc1ccc(NC(=O)COc2ccc(Cl)cc2Br)c(F)c1. The third-order valence-corrected chi connectivity index (χ3v) is 3.51. The van der Waals surface area contributed by atoms with Crippen LogP contribution in [0.2, 0.25) is 5.02 Å². The summed E-state index contributed by atoms with van der Waals surface area (Å²) in [5, 5.41) is 3.01. The Morgan fingerprint density at radius 2 is 2.10 bits per heavy atom. The van der Waals surface area contributed by atoms with E-state index in [4.69, 9.17) is 16.3 Å². The fourth-order valence-electron chi connectivity index (χ4n) is 1.64. The Bertz CT molecular complexity index is 679. The Balaban J connectivity index is 1.96. The molecule has 0 bridgehead atoms. The Labute approximate surface area is 135 Å². The molecule has 1 amide bonds. The van der Waals surface area contributed by atoms with Crippen LogP contribution in [0, 0.1) is 12.7 Å². The number of hydrogen-bond acceptors (Lipinski definition) is 2. The second-order valence-electron chi connectivity index (χ2n) is 4.39. The van der Waals surface area contributed by atoms with Gasteiger partial charge in [-0.3, -0.25) is 4.79 Å². The molecule has 0 heterocycles. The highest BCUT2D eigenvalue weighted by Gasteiger charge is 2.09. The molecule has 6 heteroatoms. The number of halogens is 3. The van der Waals surface area contributed by atoms with E-state index in [1.54, 1.807) is 31.2 Å². The van der Waals surface area contributed by atoms with Gasteiger partial charge < -0.3 is 10.1 Å². The highest BCUT2D eigenvalue weighted by atomic mass is 79.9. The van der Waals surface area contributed by atoms with Crippen LogP contribution in [0.1, 0.15) is 5.56 Å². The molecule has 0 radical (unpaired) electrons. The maximum Gasteiger partial charge on any atom is 0.262 e. The van der Waals surface area contributed by atoms with Gasteiger partial charge in [-0.1, -0.05) is 17.7 Å². The van der Waals surface area contributed by atoms with Crippen molar-refractivity contribution in [1.82, 2.24) is 0 Å². The summed E-state index contributed by atoms with van der Waals surface area (Å²) >= 11 is 9.09. The number of anilines is 1. The van der Waals surface area contributed by atoms with Crippen molar-refractivity contribution in [3.63, 3.8) is 0 Å². The van der Waals surface area contributed by atoms with Crippen LogP contribution < -0.4 is 10.1 Å². The summed E-state index contributed by atoms with van der Waals surface area (Å²) in [4.78, 5) is 11.8. The van der Waals surface area contributed by atoms with Gasteiger partial charge >= 0.3 is 0 Å². The molecule has 0 aliphatic rings. The second-order valence-corrected chi connectivity index (χ2v) is 5.69. The summed E-state index contributed by atoms with van der Waals surface area (Å²) in [5.74, 6) is -0.436. The standard InChI is InChI=1S/C15H12BrClFNO2/c1-9-2-4-13(12(18)6-9)19-15(20)8-21-14-5-3-10(17)7-11(14)16/h2-7H,8H2,1H3,(H,19,20). The summed E-state index contributed by atoms with van der Waals surface area (Å²) in [6.45, 7) is 1.55. The van der Waals surface area contributed by atoms with Crippen molar-refractivity contribution in [2.45, 2.75) is 6.92 Å². The molecule has 110 valence electrons. The number of benzene rings is 2. The largest absolute Gasteiger partial charge is 0.483 e. The molecule has 0 saturated heterocycles. The number of nitrogens with one attached hydrogen (secondary N) is 1. The van der Waals surface area contributed by atoms with E-state index in [1.165, 1.54) is 12.1 Å². The van der Waals surface area contributed by atoms with Gasteiger partial charge in [0, 0.05) is 5.02 Å². The highest BCUT2D eigenvalue weighted by Crippen LogP contribution is 2.27. The molecule has 1 N–H and O–H groups in total. The third kappa shape index (κ3) is 4.44. The quantitative estimate of drug-likeness (QED) is 0.854. The fourth-order valence-corrected chi connectivity index (χ4v) is 2.44. The first kappa shape index (κ1) is 15.8. The minimum atomic E-state index is -0.476. The van der Waals surface area contributed by atoms with Crippen molar-refractivity contribution in [1.29, 1.82) is 0 Å². The van der Waals surface area contributed by atoms with Gasteiger partial charge in [0.05, 0.1) is 10.2 Å².